The molecule has 1 spiro atoms. The summed E-state index contributed by atoms with van der Waals surface area (Å²) in [6.45, 7) is 0. The number of para-hydroxylation sites is 1. The fourth-order valence-electron chi connectivity index (χ4n) is 9.96. The number of nitrogens with zero attached hydrogens (tertiary/aromatic N) is 2. The minimum absolute atomic E-state index is 0.611. The molecule has 2 aromatic heterocycles. The van der Waals surface area contributed by atoms with Gasteiger partial charge >= 0.3 is 0 Å². The molecule has 0 fully saturated rings. The first kappa shape index (κ1) is 31.1. The fourth-order valence-corrected chi connectivity index (χ4v) is 11.1. The zero-order valence-corrected chi connectivity index (χ0v) is 31.3. The Balaban J connectivity index is 1.13. The Bertz CT molecular complexity index is 3530. The van der Waals surface area contributed by atoms with Gasteiger partial charge in [-0.1, -0.05) is 146 Å². The van der Waals surface area contributed by atoms with Crippen LogP contribution >= 0.6 is 11.3 Å². The molecular weight excluding hydrogens is 713 g/mol. The number of hydrogen-bond donors (Lipinski definition) is 0. The van der Waals surface area contributed by atoms with Crippen molar-refractivity contribution in [3.8, 4) is 45.3 Å². The number of aromatic nitrogens is 2. The molecule has 2 aliphatic rings. The topological polar surface area (TPSA) is 35.0 Å². The molecule has 0 saturated carbocycles. The lowest BCUT2D eigenvalue weighted by Crippen LogP contribution is -2.32. The van der Waals surface area contributed by atoms with E-state index in [0.717, 1.165) is 66.3 Å². The highest BCUT2D eigenvalue weighted by atomic mass is 32.1. The van der Waals surface area contributed by atoms with Crippen LogP contribution in [0.15, 0.2) is 182 Å². The van der Waals surface area contributed by atoms with Crippen LogP contribution in [0.3, 0.4) is 0 Å². The highest BCUT2D eigenvalue weighted by Gasteiger charge is 2.51. The summed E-state index contributed by atoms with van der Waals surface area (Å²) in [6, 6.07) is 65.8. The van der Waals surface area contributed by atoms with Crippen LogP contribution in [0, 0.1) is 0 Å². The van der Waals surface area contributed by atoms with Crippen molar-refractivity contribution < 1.29 is 4.74 Å². The Labute approximate surface area is 332 Å². The summed E-state index contributed by atoms with van der Waals surface area (Å²) >= 11 is 1.77. The van der Waals surface area contributed by atoms with Gasteiger partial charge in [0, 0.05) is 32.3 Å². The highest BCUT2D eigenvalue weighted by molar-refractivity contribution is 7.26. The molecule has 3 heterocycles. The molecule has 13 rings (SSSR count). The minimum Gasteiger partial charge on any atom is -0.457 e. The fraction of sp³-hybridized carbons (Fsp3) is 0.0189. The Morgan fingerprint density at radius 3 is 2.02 bits per heavy atom. The molecule has 0 bridgehead atoms. The molecule has 1 aliphatic heterocycles. The summed E-state index contributed by atoms with van der Waals surface area (Å²) in [5.74, 6) is 2.46. The Morgan fingerprint density at radius 2 is 1.12 bits per heavy atom. The first-order valence-electron chi connectivity index (χ1n) is 19.4. The third-order valence-corrected chi connectivity index (χ3v) is 13.5. The van der Waals surface area contributed by atoms with E-state index >= 15 is 0 Å². The number of hydrogen-bond acceptors (Lipinski definition) is 4. The molecule has 0 amide bonds. The van der Waals surface area contributed by atoms with Crippen LogP contribution in [0.25, 0.3) is 86.4 Å². The van der Waals surface area contributed by atoms with Gasteiger partial charge in [0.1, 0.15) is 11.5 Å². The first-order valence-corrected chi connectivity index (χ1v) is 20.2. The third-order valence-electron chi connectivity index (χ3n) is 12.3. The summed E-state index contributed by atoms with van der Waals surface area (Å²) in [4.78, 5) is 11.0. The van der Waals surface area contributed by atoms with E-state index in [0.29, 0.717) is 0 Å². The molecule has 0 radical (unpaired) electrons. The molecule has 1 aliphatic carbocycles. The van der Waals surface area contributed by atoms with E-state index in [2.05, 4.69) is 182 Å². The number of benzene rings is 9. The summed E-state index contributed by atoms with van der Waals surface area (Å²) in [5, 5.41) is 8.37. The Kier molecular flexibility index (Phi) is 6.25. The molecule has 4 heteroatoms. The molecular formula is C53H30N2OS. The number of ether oxygens (including phenoxy) is 1. The van der Waals surface area contributed by atoms with Crippen LogP contribution in [-0.4, -0.2) is 9.97 Å². The van der Waals surface area contributed by atoms with E-state index in [1.807, 2.05) is 0 Å². The summed E-state index contributed by atoms with van der Waals surface area (Å²) in [6.07, 6.45) is 0. The normalized spacial score (nSPS) is 15.2. The average Bonchev–Trinajstić information content (AvgIpc) is 3.80. The van der Waals surface area contributed by atoms with Crippen molar-refractivity contribution >= 4 is 64.0 Å². The van der Waals surface area contributed by atoms with Gasteiger partial charge in [-0.2, -0.15) is 0 Å². The second-order valence-electron chi connectivity index (χ2n) is 15.2. The largest absolute Gasteiger partial charge is 0.457 e. The quantitative estimate of drug-likeness (QED) is 0.165. The third kappa shape index (κ3) is 4.15. The molecule has 1 atom stereocenters. The van der Waals surface area contributed by atoms with Crippen molar-refractivity contribution in [2.75, 3.05) is 0 Å². The van der Waals surface area contributed by atoms with E-state index in [-0.39, 0.29) is 0 Å². The zero-order chi connectivity index (χ0) is 37.2. The van der Waals surface area contributed by atoms with E-state index in [4.69, 9.17) is 14.7 Å². The first-order chi connectivity index (χ1) is 28.3. The SMILES string of the molecule is c1ccc2c(c1)Oc1ccc(-c3nc(-c4cc5ccccc5c5ccccc45)nc4c3sc3ccccc34)cc1C21c2ccccc2-c2c1ccc1ccccc21. The van der Waals surface area contributed by atoms with Crippen molar-refractivity contribution in [3.63, 3.8) is 0 Å². The number of fused-ring (bicyclic) bond motifs is 17. The van der Waals surface area contributed by atoms with Crippen molar-refractivity contribution in [2.24, 2.45) is 0 Å². The Morgan fingerprint density at radius 1 is 0.439 bits per heavy atom. The summed E-state index contributed by atoms with van der Waals surface area (Å²) in [5.41, 5.74) is 10.7. The van der Waals surface area contributed by atoms with E-state index in [1.165, 1.54) is 53.9 Å². The Hall–Kier alpha value is -7.14. The highest BCUT2D eigenvalue weighted by Crippen LogP contribution is 2.63. The van der Waals surface area contributed by atoms with Crippen LogP contribution in [0.4, 0.5) is 0 Å². The standard InChI is InChI=1S/C53H30N2OS/c1-4-16-35-31(13-1)25-27-43-48(35)38-19-7-9-21-41(38)53(43)42-22-10-11-23-45(42)56-46-28-26-33(30-44(46)53)49-51-50(39-20-8-12-24-47(39)57-51)55-52(54-49)40-29-32-14-2-3-15-34(32)36-17-5-6-18-37(36)40/h1-30H. The smallest absolute Gasteiger partial charge is 0.161 e. The molecule has 9 aromatic carbocycles. The average molecular weight is 743 g/mol. The molecule has 57 heavy (non-hydrogen) atoms. The van der Waals surface area contributed by atoms with Crippen LogP contribution in [0.5, 0.6) is 11.5 Å². The van der Waals surface area contributed by atoms with Gasteiger partial charge in [-0.25, -0.2) is 9.97 Å². The summed E-state index contributed by atoms with van der Waals surface area (Å²) < 4.78 is 9.13. The zero-order valence-electron chi connectivity index (χ0n) is 30.5. The van der Waals surface area contributed by atoms with Gasteiger partial charge in [-0.05, 0) is 91.0 Å². The van der Waals surface area contributed by atoms with Gasteiger partial charge in [-0.15, -0.1) is 11.3 Å². The van der Waals surface area contributed by atoms with Gasteiger partial charge in [0.25, 0.3) is 0 Å². The summed E-state index contributed by atoms with van der Waals surface area (Å²) in [7, 11) is 0. The van der Waals surface area contributed by atoms with Gasteiger partial charge < -0.3 is 4.74 Å². The van der Waals surface area contributed by atoms with E-state index < -0.39 is 5.41 Å². The van der Waals surface area contributed by atoms with E-state index in [9.17, 15) is 0 Å². The van der Waals surface area contributed by atoms with Crippen LogP contribution in [0.2, 0.25) is 0 Å². The lowest BCUT2D eigenvalue weighted by atomic mass is 9.65. The van der Waals surface area contributed by atoms with Gasteiger partial charge in [-0.3, -0.25) is 0 Å². The molecule has 11 aromatic rings. The van der Waals surface area contributed by atoms with Crippen LogP contribution in [0.1, 0.15) is 22.3 Å². The van der Waals surface area contributed by atoms with Crippen molar-refractivity contribution in [3.05, 3.63) is 204 Å². The number of thiophene rings is 1. The number of rotatable bonds is 2. The lowest BCUT2D eigenvalue weighted by Gasteiger charge is -2.39. The van der Waals surface area contributed by atoms with E-state index in [1.54, 1.807) is 11.3 Å². The predicted molar refractivity (Wildman–Crippen MR) is 236 cm³/mol. The van der Waals surface area contributed by atoms with Crippen LogP contribution in [-0.2, 0) is 5.41 Å². The second-order valence-corrected chi connectivity index (χ2v) is 16.2. The monoisotopic (exact) mass is 742 g/mol. The van der Waals surface area contributed by atoms with Crippen molar-refractivity contribution in [2.45, 2.75) is 5.41 Å². The minimum atomic E-state index is -0.611. The van der Waals surface area contributed by atoms with Crippen molar-refractivity contribution in [1.29, 1.82) is 0 Å². The van der Waals surface area contributed by atoms with Gasteiger partial charge in [0.05, 0.1) is 21.3 Å². The molecule has 0 saturated heterocycles. The van der Waals surface area contributed by atoms with Crippen LogP contribution < -0.4 is 4.74 Å². The maximum absolute atomic E-state index is 6.86. The predicted octanol–water partition coefficient (Wildman–Crippen LogP) is 14.1. The van der Waals surface area contributed by atoms with Gasteiger partial charge in [0.2, 0.25) is 0 Å². The lowest BCUT2D eigenvalue weighted by molar-refractivity contribution is 0.436. The molecule has 1 unspecified atom stereocenters. The maximum atomic E-state index is 6.86. The maximum Gasteiger partial charge on any atom is 0.161 e. The molecule has 3 nitrogen and oxygen atoms in total. The van der Waals surface area contributed by atoms with Crippen molar-refractivity contribution in [1.82, 2.24) is 9.97 Å². The molecule has 264 valence electrons. The molecule has 0 N–H and O–H groups in total. The second kappa shape index (κ2) is 11.5. The van der Waals surface area contributed by atoms with Gasteiger partial charge in [0.15, 0.2) is 5.82 Å².